The molecule has 0 radical (unpaired) electrons. The van der Waals surface area contributed by atoms with E-state index in [0.29, 0.717) is 5.92 Å². The predicted octanol–water partition coefficient (Wildman–Crippen LogP) is 3.59. The highest BCUT2D eigenvalue weighted by Gasteiger charge is 2.29. The molecule has 1 aromatic heterocycles. The van der Waals surface area contributed by atoms with Crippen molar-refractivity contribution in [2.45, 2.75) is 65.6 Å². The van der Waals surface area contributed by atoms with Gasteiger partial charge >= 0.3 is 0 Å². The van der Waals surface area contributed by atoms with Gasteiger partial charge in [0.15, 0.2) is 0 Å². The minimum atomic E-state index is 0.131. The van der Waals surface area contributed by atoms with Crippen LogP contribution in [0, 0.1) is 5.92 Å². The summed E-state index contributed by atoms with van der Waals surface area (Å²) in [5.74, 6) is 0.694. The SMILES string of the molecule is CC(C)CN(c1ccnc(CNC(C)(C)C)c1)C1CC1. The zero-order valence-corrected chi connectivity index (χ0v) is 13.6. The summed E-state index contributed by atoms with van der Waals surface area (Å²) in [5, 5.41) is 3.51. The van der Waals surface area contributed by atoms with E-state index in [1.807, 2.05) is 6.20 Å². The maximum absolute atomic E-state index is 4.49. The lowest BCUT2D eigenvalue weighted by Gasteiger charge is -2.27. The maximum atomic E-state index is 4.49. The van der Waals surface area contributed by atoms with Gasteiger partial charge in [0.05, 0.1) is 5.69 Å². The number of nitrogens with one attached hydrogen (secondary N) is 1. The molecule has 1 saturated carbocycles. The fourth-order valence-corrected chi connectivity index (χ4v) is 2.34. The van der Waals surface area contributed by atoms with Gasteiger partial charge in [0.1, 0.15) is 0 Å². The zero-order chi connectivity index (χ0) is 14.8. The van der Waals surface area contributed by atoms with Gasteiger partial charge in [-0.25, -0.2) is 0 Å². The smallest absolute Gasteiger partial charge is 0.0562 e. The molecule has 1 aromatic rings. The van der Waals surface area contributed by atoms with Gasteiger partial charge < -0.3 is 10.2 Å². The van der Waals surface area contributed by atoms with Crippen LogP contribution in [0.2, 0.25) is 0 Å². The van der Waals surface area contributed by atoms with Gasteiger partial charge in [0.2, 0.25) is 0 Å². The van der Waals surface area contributed by atoms with Crippen LogP contribution in [0.15, 0.2) is 18.3 Å². The van der Waals surface area contributed by atoms with Gasteiger partial charge in [-0.15, -0.1) is 0 Å². The normalized spacial score (nSPS) is 15.7. The summed E-state index contributed by atoms with van der Waals surface area (Å²) < 4.78 is 0. The molecule has 0 spiro atoms. The lowest BCUT2D eigenvalue weighted by molar-refractivity contribution is 0.421. The average Bonchev–Trinajstić information content (AvgIpc) is 3.17. The van der Waals surface area contributed by atoms with Crippen LogP contribution < -0.4 is 10.2 Å². The summed E-state index contributed by atoms with van der Waals surface area (Å²) in [5.41, 5.74) is 2.60. The Morgan fingerprint density at radius 1 is 1.35 bits per heavy atom. The molecule has 0 saturated heterocycles. The van der Waals surface area contributed by atoms with Crippen LogP contribution >= 0.6 is 0 Å². The summed E-state index contributed by atoms with van der Waals surface area (Å²) in [7, 11) is 0. The second-order valence-electron chi connectivity index (χ2n) is 7.39. The van der Waals surface area contributed by atoms with Gasteiger partial charge in [-0.3, -0.25) is 4.98 Å². The van der Waals surface area contributed by atoms with Crippen molar-refractivity contribution < 1.29 is 0 Å². The van der Waals surface area contributed by atoms with Crippen molar-refractivity contribution in [2.75, 3.05) is 11.4 Å². The molecule has 3 heteroatoms. The van der Waals surface area contributed by atoms with E-state index in [-0.39, 0.29) is 5.54 Å². The number of rotatable bonds is 6. The van der Waals surface area contributed by atoms with Crippen molar-refractivity contribution in [2.24, 2.45) is 5.92 Å². The standard InChI is InChI=1S/C17H29N3/c1-13(2)12-20(15-6-7-15)16-8-9-18-14(10-16)11-19-17(3,4)5/h8-10,13,15,19H,6-7,11-12H2,1-5H3. The van der Waals surface area contributed by atoms with E-state index in [9.17, 15) is 0 Å². The summed E-state index contributed by atoms with van der Waals surface area (Å²) in [6.45, 7) is 13.1. The topological polar surface area (TPSA) is 28.2 Å². The highest BCUT2D eigenvalue weighted by molar-refractivity contribution is 5.49. The molecule has 1 heterocycles. The maximum Gasteiger partial charge on any atom is 0.0562 e. The second-order valence-corrected chi connectivity index (χ2v) is 7.39. The van der Waals surface area contributed by atoms with Crippen LogP contribution in [0.25, 0.3) is 0 Å². The van der Waals surface area contributed by atoms with E-state index in [2.05, 4.69) is 62.0 Å². The number of hydrogen-bond donors (Lipinski definition) is 1. The lowest BCUT2D eigenvalue weighted by atomic mass is 10.1. The quantitative estimate of drug-likeness (QED) is 0.860. The molecule has 20 heavy (non-hydrogen) atoms. The first-order valence-electron chi connectivity index (χ1n) is 7.82. The Bertz CT molecular complexity index is 430. The van der Waals surface area contributed by atoms with E-state index in [1.165, 1.54) is 18.5 Å². The Balaban J connectivity index is 2.07. The van der Waals surface area contributed by atoms with Crippen LogP contribution in [0.5, 0.6) is 0 Å². The molecule has 1 aliphatic carbocycles. The predicted molar refractivity (Wildman–Crippen MR) is 86.0 cm³/mol. The molecule has 0 amide bonds. The molecule has 2 rings (SSSR count). The number of nitrogens with zero attached hydrogens (tertiary/aromatic N) is 2. The van der Waals surface area contributed by atoms with Crippen LogP contribution in [-0.4, -0.2) is 23.1 Å². The van der Waals surface area contributed by atoms with E-state index in [1.54, 1.807) is 0 Å². The van der Waals surface area contributed by atoms with E-state index >= 15 is 0 Å². The second kappa shape index (κ2) is 6.13. The van der Waals surface area contributed by atoms with Gasteiger partial charge in [0, 0.05) is 36.6 Å². The molecule has 1 fully saturated rings. The third-order valence-electron chi connectivity index (χ3n) is 3.48. The molecule has 0 aromatic carbocycles. The van der Waals surface area contributed by atoms with Crippen LogP contribution in [0.4, 0.5) is 5.69 Å². The highest BCUT2D eigenvalue weighted by Crippen LogP contribution is 2.32. The number of aromatic nitrogens is 1. The van der Waals surface area contributed by atoms with Gasteiger partial charge in [0.25, 0.3) is 0 Å². The first-order valence-corrected chi connectivity index (χ1v) is 7.82. The molecule has 112 valence electrons. The Morgan fingerprint density at radius 2 is 2.05 bits per heavy atom. The summed E-state index contributed by atoms with van der Waals surface area (Å²) in [6, 6.07) is 5.16. The van der Waals surface area contributed by atoms with Gasteiger partial charge in [-0.1, -0.05) is 13.8 Å². The molecule has 3 nitrogen and oxygen atoms in total. The van der Waals surface area contributed by atoms with Crippen LogP contribution in [-0.2, 0) is 6.54 Å². The largest absolute Gasteiger partial charge is 0.368 e. The van der Waals surface area contributed by atoms with E-state index < -0.39 is 0 Å². The number of hydrogen-bond acceptors (Lipinski definition) is 3. The third-order valence-corrected chi connectivity index (χ3v) is 3.48. The molecular formula is C17H29N3. The molecule has 0 unspecified atom stereocenters. The highest BCUT2D eigenvalue weighted by atomic mass is 15.2. The van der Waals surface area contributed by atoms with E-state index in [0.717, 1.165) is 24.8 Å². The molecule has 0 aliphatic heterocycles. The first-order chi connectivity index (χ1) is 9.35. The van der Waals surface area contributed by atoms with Crippen molar-refractivity contribution in [3.63, 3.8) is 0 Å². The number of pyridine rings is 1. The van der Waals surface area contributed by atoms with Crippen molar-refractivity contribution in [3.05, 3.63) is 24.0 Å². The first kappa shape index (κ1) is 15.3. The van der Waals surface area contributed by atoms with Crippen molar-refractivity contribution in [3.8, 4) is 0 Å². The van der Waals surface area contributed by atoms with Gasteiger partial charge in [-0.2, -0.15) is 0 Å². The Hall–Kier alpha value is -1.09. The third kappa shape index (κ3) is 4.78. The summed E-state index contributed by atoms with van der Waals surface area (Å²) in [4.78, 5) is 7.06. The number of anilines is 1. The minimum Gasteiger partial charge on any atom is -0.368 e. The minimum absolute atomic E-state index is 0.131. The molecule has 1 aliphatic rings. The average molecular weight is 275 g/mol. The van der Waals surface area contributed by atoms with E-state index in [4.69, 9.17) is 0 Å². The van der Waals surface area contributed by atoms with Crippen LogP contribution in [0.3, 0.4) is 0 Å². The fraction of sp³-hybridized carbons (Fsp3) is 0.706. The van der Waals surface area contributed by atoms with Crippen molar-refractivity contribution >= 4 is 5.69 Å². The van der Waals surface area contributed by atoms with Crippen LogP contribution in [0.1, 0.15) is 53.2 Å². The lowest BCUT2D eigenvalue weighted by Crippen LogP contribution is -2.35. The monoisotopic (exact) mass is 275 g/mol. The molecule has 0 bridgehead atoms. The van der Waals surface area contributed by atoms with Gasteiger partial charge in [-0.05, 0) is 51.7 Å². The molecule has 0 atom stereocenters. The fourth-order valence-electron chi connectivity index (χ4n) is 2.34. The summed E-state index contributed by atoms with van der Waals surface area (Å²) in [6.07, 6.45) is 4.62. The summed E-state index contributed by atoms with van der Waals surface area (Å²) >= 11 is 0. The zero-order valence-electron chi connectivity index (χ0n) is 13.6. The Labute approximate surface area is 123 Å². The Morgan fingerprint density at radius 3 is 2.60 bits per heavy atom. The molecule has 1 N–H and O–H groups in total. The van der Waals surface area contributed by atoms with Crippen molar-refractivity contribution in [1.82, 2.24) is 10.3 Å². The molecular weight excluding hydrogens is 246 g/mol. The van der Waals surface area contributed by atoms with Crippen molar-refractivity contribution in [1.29, 1.82) is 0 Å². The Kier molecular flexibility index (Phi) is 4.69.